The molecule has 6 heteroatoms. The average molecular weight is 327 g/mol. The minimum absolute atomic E-state index is 0.0558. The summed E-state index contributed by atoms with van der Waals surface area (Å²) in [6.45, 7) is 4.74. The van der Waals surface area contributed by atoms with Crippen molar-refractivity contribution in [1.29, 1.82) is 0 Å². The van der Waals surface area contributed by atoms with Crippen molar-refractivity contribution in [2.24, 2.45) is 5.92 Å². The Bertz CT molecular complexity index is 353. The minimum atomic E-state index is 0.0558. The molecule has 0 aromatic heterocycles. The van der Waals surface area contributed by atoms with E-state index >= 15 is 0 Å². The Kier molecular flexibility index (Phi) is 8.08. The summed E-state index contributed by atoms with van der Waals surface area (Å²) < 4.78 is 0. The summed E-state index contributed by atoms with van der Waals surface area (Å²) in [5, 5.41) is 6.36. The quantitative estimate of drug-likeness (QED) is 0.738. The molecule has 2 rings (SSSR count). The Hall–Kier alpha value is -0.750. The minimum Gasteiger partial charge on any atom is -0.355 e. The van der Waals surface area contributed by atoms with E-state index in [2.05, 4.69) is 10.6 Å². The van der Waals surface area contributed by atoms with Crippen LogP contribution in [0, 0.1) is 5.92 Å². The van der Waals surface area contributed by atoms with Crippen molar-refractivity contribution in [2.75, 3.05) is 44.2 Å². The molecule has 0 aliphatic carbocycles. The van der Waals surface area contributed by atoms with E-state index in [1.807, 2.05) is 4.90 Å². The number of nitrogens with zero attached hydrogens (tertiary/aromatic N) is 1. The molecule has 0 aromatic rings. The monoisotopic (exact) mass is 327 g/mol. The second kappa shape index (κ2) is 10.1. The van der Waals surface area contributed by atoms with Crippen LogP contribution >= 0.6 is 11.8 Å². The number of nitrogens with one attached hydrogen (secondary N) is 2. The zero-order chi connectivity index (χ0) is 15.6. The Morgan fingerprint density at radius 1 is 1.14 bits per heavy atom. The standard InChI is InChI=1S/C16H29N3O2S/c20-15(18-8-6-14-5-4-7-17-11-14)12-22-13-16(21)19-9-2-1-3-10-19/h14,17H,1-13H2,(H,18,20). The highest BCUT2D eigenvalue weighted by molar-refractivity contribution is 8.00. The molecular formula is C16H29N3O2S. The first-order valence-corrected chi connectivity index (χ1v) is 9.74. The molecule has 2 aliphatic rings. The highest BCUT2D eigenvalue weighted by Gasteiger charge is 2.17. The molecule has 126 valence electrons. The van der Waals surface area contributed by atoms with Crippen LogP contribution in [0.25, 0.3) is 0 Å². The molecule has 1 unspecified atom stereocenters. The van der Waals surface area contributed by atoms with Gasteiger partial charge in [-0.15, -0.1) is 11.8 Å². The van der Waals surface area contributed by atoms with Crippen molar-refractivity contribution in [1.82, 2.24) is 15.5 Å². The highest BCUT2D eigenvalue weighted by Crippen LogP contribution is 2.13. The number of likely N-dealkylation sites (tertiary alicyclic amines) is 1. The second-order valence-corrected chi connectivity index (χ2v) is 7.27. The maximum Gasteiger partial charge on any atom is 0.232 e. The zero-order valence-corrected chi connectivity index (χ0v) is 14.3. The average Bonchev–Trinajstić information content (AvgIpc) is 2.56. The molecule has 2 saturated heterocycles. The molecular weight excluding hydrogens is 298 g/mol. The van der Waals surface area contributed by atoms with Crippen LogP contribution < -0.4 is 10.6 Å². The van der Waals surface area contributed by atoms with Crippen molar-refractivity contribution in [2.45, 2.75) is 38.5 Å². The van der Waals surface area contributed by atoms with Gasteiger partial charge in [-0.05, 0) is 57.5 Å². The topological polar surface area (TPSA) is 61.4 Å². The van der Waals surface area contributed by atoms with E-state index in [1.54, 1.807) is 0 Å². The third-order valence-electron chi connectivity index (χ3n) is 4.44. The van der Waals surface area contributed by atoms with Crippen LogP contribution in [0.4, 0.5) is 0 Å². The molecule has 0 bridgehead atoms. The van der Waals surface area contributed by atoms with Gasteiger partial charge in [0.2, 0.25) is 11.8 Å². The van der Waals surface area contributed by atoms with Crippen molar-refractivity contribution in [3.63, 3.8) is 0 Å². The van der Waals surface area contributed by atoms with Gasteiger partial charge in [0, 0.05) is 19.6 Å². The number of thioether (sulfide) groups is 1. The van der Waals surface area contributed by atoms with E-state index in [0.29, 0.717) is 17.4 Å². The van der Waals surface area contributed by atoms with Gasteiger partial charge in [-0.2, -0.15) is 0 Å². The van der Waals surface area contributed by atoms with E-state index in [1.165, 1.54) is 31.0 Å². The summed E-state index contributed by atoms with van der Waals surface area (Å²) >= 11 is 1.43. The van der Waals surface area contributed by atoms with E-state index in [9.17, 15) is 9.59 Å². The van der Waals surface area contributed by atoms with E-state index in [-0.39, 0.29) is 11.8 Å². The summed E-state index contributed by atoms with van der Waals surface area (Å²) in [5.74, 6) is 1.76. The molecule has 5 nitrogen and oxygen atoms in total. The van der Waals surface area contributed by atoms with Crippen LogP contribution in [0.5, 0.6) is 0 Å². The fourth-order valence-corrected chi connectivity index (χ4v) is 3.85. The van der Waals surface area contributed by atoms with Crippen LogP contribution in [-0.2, 0) is 9.59 Å². The van der Waals surface area contributed by atoms with Gasteiger partial charge in [0.1, 0.15) is 0 Å². The second-order valence-electron chi connectivity index (χ2n) is 6.29. The van der Waals surface area contributed by atoms with E-state index in [0.717, 1.165) is 52.0 Å². The molecule has 22 heavy (non-hydrogen) atoms. The van der Waals surface area contributed by atoms with Crippen LogP contribution in [-0.4, -0.2) is 60.9 Å². The predicted octanol–water partition coefficient (Wildman–Crippen LogP) is 1.24. The normalized spacial score (nSPS) is 22.4. The summed E-state index contributed by atoms with van der Waals surface area (Å²) in [7, 11) is 0. The van der Waals surface area contributed by atoms with Gasteiger partial charge in [0.25, 0.3) is 0 Å². The van der Waals surface area contributed by atoms with Gasteiger partial charge in [0.15, 0.2) is 0 Å². The Morgan fingerprint density at radius 3 is 2.68 bits per heavy atom. The molecule has 0 radical (unpaired) electrons. The largest absolute Gasteiger partial charge is 0.355 e. The number of carbonyl (C=O) groups excluding carboxylic acids is 2. The van der Waals surface area contributed by atoms with Gasteiger partial charge in [0.05, 0.1) is 11.5 Å². The molecule has 2 fully saturated rings. The maximum absolute atomic E-state index is 12.0. The third-order valence-corrected chi connectivity index (χ3v) is 5.36. The van der Waals surface area contributed by atoms with Crippen molar-refractivity contribution < 1.29 is 9.59 Å². The third kappa shape index (κ3) is 6.57. The Labute approximate surface area is 138 Å². The fourth-order valence-electron chi connectivity index (χ4n) is 3.10. The van der Waals surface area contributed by atoms with Gasteiger partial charge >= 0.3 is 0 Å². The summed E-state index contributed by atoms with van der Waals surface area (Å²) in [6.07, 6.45) is 7.03. The van der Waals surface area contributed by atoms with Crippen molar-refractivity contribution >= 4 is 23.6 Å². The van der Waals surface area contributed by atoms with E-state index in [4.69, 9.17) is 0 Å². The number of amides is 2. The highest BCUT2D eigenvalue weighted by atomic mass is 32.2. The molecule has 0 saturated carbocycles. The lowest BCUT2D eigenvalue weighted by Gasteiger charge is -2.26. The van der Waals surface area contributed by atoms with Gasteiger partial charge in [-0.1, -0.05) is 0 Å². The lowest BCUT2D eigenvalue weighted by molar-refractivity contribution is -0.129. The summed E-state index contributed by atoms with van der Waals surface area (Å²) in [6, 6.07) is 0. The molecule has 1 atom stereocenters. The first kappa shape index (κ1) is 17.6. The smallest absolute Gasteiger partial charge is 0.232 e. The lowest BCUT2D eigenvalue weighted by Crippen LogP contribution is -2.37. The van der Waals surface area contributed by atoms with E-state index < -0.39 is 0 Å². The van der Waals surface area contributed by atoms with Crippen LogP contribution in [0.15, 0.2) is 0 Å². The van der Waals surface area contributed by atoms with Crippen molar-refractivity contribution in [3.8, 4) is 0 Å². The van der Waals surface area contributed by atoms with Gasteiger partial charge < -0.3 is 15.5 Å². The maximum atomic E-state index is 12.0. The molecule has 0 spiro atoms. The number of hydrogen-bond donors (Lipinski definition) is 2. The van der Waals surface area contributed by atoms with Gasteiger partial charge in [-0.3, -0.25) is 9.59 Å². The molecule has 0 aromatic carbocycles. The molecule has 2 aliphatic heterocycles. The lowest BCUT2D eigenvalue weighted by atomic mass is 9.96. The first-order valence-electron chi connectivity index (χ1n) is 8.58. The van der Waals surface area contributed by atoms with Crippen LogP contribution in [0.2, 0.25) is 0 Å². The number of piperidine rings is 2. The number of carbonyl (C=O) groups is 2. The molecule has 2 N–H and O–H groups in total. The predicted molar refractivity (Wildman–Crippen MR) is 91.0 cm³/mol. The van der Waals surface area contributed by atoms with Gasteiger partial charge in [-0.25, -0.2) is 0 Å². The Balaban J connectivity index is 1.49. The number of rotatable bonds is 7. The van der Waals surface area contributed by atoms with Crippen molar-refractivity contribution in [3.05, 3.63) is 0 Å². The fraction of sp³-hybridized carbons (Fsp3) is 0.875. The van der Waals surface area contributed by atoms with Crippen LogP contribution in [0.3, 0.4) is 0 Å². The van der Waals surface area contributed by atoms with Crippen LogP contribution in [0.1, 0.15) is 38.5 Å². The summed E-state index contributed by atoms with van der Waals surface area (Å²) in [4.78, 5) is 25.7. The molecule has 2 amide bonds. The SMILES string of the molecule is O=C(CSCC(=O)N1CCCCC1)NCCC1CCCNC1. The summed E-state index contributed by atoms with van der Waals surface area (Å²) in [5.41, 5.74) is 0. The zero-order valence-electron chi connectivity index (χ0n) is 13.4. The number of hydrogen-bond acceptors (Lipinski definition) is 4. The first-order chi connectivity index (χ1) is 10.8. The Morgan fingerprint density at radius 2 is 1.95 bits per heavy atom. The molecule has 2 heterocycles.